The molecule has 0 amide bonds. The van der Waals surface area contributed by atoms with E-state index in [2.05, 4.69) is 10.4 Å². The number of carbonyl (C=O) groups is 1. The van der Waals surface area contributed by atoms with E-state index in [1.807, 2.05) is 24.6 Å². The van der Waals surface area contributed by atoms with Gasteiger partial charge in [-0.05, 0) is 45.7 Å². The van der Waals surface area contributed by atoms with Crippen LogP contribution in [0, 0.1) is 6.92 Å². The van der Waals surface area contributed by atoms with Gasteiger partial charge in [-0.1, -0.05) is 6.92 Å². The first-order valence-corrected chi connectivity index (χ1v) is 6.46. The van der Waals surface area contributed by atoms with Gasteiger partial charge in [-0.2, -0.15) is 5.10 Å². The first-order valence-electron chi connectivity index (χ1n) is 6.46. The van der Waals surface area contributed by atoms with Gasteiger partial charge in [-0.3, -0.25) is 9.48 Å². The Balaban J connectivity index is 2.47. The molecule has 1 rings (SSSR count). The minimum Gasteiger partial charge on any atom is -0.480 e. The number of nitrogens with one attached hydrogen (secondary N) is 1. The molecule has 1 aromatic heterocycles. The largest absolute Gasteiger partial charge is 0.480 e. The fourth-order valence-electron chi connectivity index (χ4n) is 1.89. The molecule has 0 aliphatic rings. The van der Waals surface area contributed by atoms with E-state index in [4.69, 9.17) is 0 Å². The Kier molecular flexibility index (Phi) is 5.34. The highest BCUT2D eigenvalue weighted by atomic mass is 16.4. The Morgan fingerprint density at radius 2 is 2.33 bits per heavy atom. The van der Waals surface area contributed by atoms with Gasteiger partial charge in [0.2, 0.25) is 0 Å². The van der Waals surface area contributed by atoms with E-state index < -0.39 is 11.5 Å². The third-order valence-corrected chi connectivity index (χ3v) is 3.21. The maximum absolute atomic E-state index is 11.3. The second kappa shape index (κ2) is 6.54. The van der Waals surface area contributed by atoms with Crippen LogP contribution >= 0.6 is 0 Å². The summed E-state index contributed by atoms with van der Waals surface area (Å²) in [6, 6.07) is 1.95. The number of hydrogen-bond donors (Lipinski definition) is 2. The fraction of sp³-hybridized carbons (Fsp3) is 0.692. The Hall–Kier alpha value is -1.36. The average molecular weight is 253 g/mol. The zero-order valence-corrected chi connectivity index (χ0v) is 11.4. The van der Waals surface area contributed by atoms with Gasteiger partial charge in [0.15, 0.2) is 0 Å². The first kappa shape index (κ1) is 14.7. The molecule has 0 saturated heterocycles. The molecule has 2 N–H and O–H groups in total. The summed E-state index contributed by atoms with van der Waals surface area (Å²) < 4.78 is 1.90. The molecule has 0 aliphatic carbocycles. The van der Waals surface area contributed by atoms with Crippen LogP contribution in [0.4, 0.5) is 0 Å². The zero-order chi connectivity index (χ0) is 13.6. The topological polar surface area (TPSA) is 67.2 Å². The molecular formula is C13H23N3O2. The van der Waals surface area contributed by atoms with E-state index in [1.165, 1.54) is 0 Å². The van der Waals surface area contributed by atoms with Crippen LogP contribution in [0.15, 0.2) is 12.3 Å². The number of rotatable bonds is 8. The lowest BCUT2D eigenvalue weighted by Gasteiger charge is -2.26. The molecule has 1 unspecified atom stereocenters. The first-order chi connectivity index (χ1) is 8.49. The van der Waals surface area contributed by atoms with Crippen molar-refractivity contribution in [1.29, 1.82) is 0 Å². The highest BCUT2D eigenvalue weighted by molar-refractivity contribution is 5.78. The molecule has 0 fully saturated rings. The van der Waals surface area contributed by atoms with Gasteiger partial charge in [0.1, 0.15) is 5.54 Å². The maximum atomic E-state index is 11.3. The van der Waals surface area contributed by atoms with Crippen molar-refractivity contribution in [1.82, 2.24) is 15.1 Å². The molecule has 5 heteroatoms. The van der Waals surface area contributed by atoms with Gasteiger partial charge >= 0.3 is 5.97 Å². The Labute approximate surface area is 108 Å². The maximum Gasteiger partial charge on any atom is 0.323 e. The molecule has 1 heterocycles. The summed E-state index contributed by atoms with van der Waals surface area (Å²) in [4.78, 5) is 11.3. The molecule has 5 nitrogen and oxygen atoms in total. The quantitative estimate of drug-likeness (QED) is 0.741. The van der Waals surface area contributed by atoms with E-state index in [9.17, 15) is 9.90 Å². The lowest BCUT2D eigenvalue weighted by molar-refractivity contribution is -0.144. The number of aliphatic carboxylic acids is 1. The molecule has 0 bridgehead atoms. The Morgan fingerprint density at radius 3 is 2.83 bits per heavy atom. The molecular weight excluding hydrogens is 230 g/mol. The van der Waals surface area contributed by atoms with Crippen molar-refractivity contribution < 1.29 is 9.90 Å². The van der Waals surface area contributed by atoms with Crippen LogP contribution < -0.4 is 5.32 Å². The van der Waals surface area contributed by atoms with Crippen LogP contribution in [0.3, 0.4) is 0 Å². The third-order valence-electron chi connectivity index (χ3n) is 3.21. The van der Waals surface area contributed by atoms with Gasteiger partial charge in [0.05, 0.1) is 0 Å². The highest BCUT2D eigenvalue weighted by Crippen LogP contribution is 2.14. The van der Waals surface area contributed by atoms with E-state index in [1.54, 1.807) is 13.1 Å². The molecule has 0 aromatic carbocycles. The van der Waals surface area contributed by atoms with Crippen molar-refractivity contribution in [3.63, 3.8) is 0 Å². The Morgan fingerprint density at radius 1 is 1.61 bits per heavy atom. The summed E-state index contributed by atoms with van der Waals surface area (Å²) in [6.07, 6.45) is 4.09. The minimum absolute atomic E-state index is 0.599. The Bertz CT molecular complexity index is 389. The third kappa shape index (κ3) is 3.84. The van der Waals surface area contributed by atoms with Crippen molar-refractivity contribution in [2.75, 3.05) is 6.54 Å². The minimum atomic E-state index is -0.836. The van der Waals surface area contributed by atoms with Crippen LogP contribution in [0.5, 0.6) is 0 Å². The fourth-order valence-corrected chi connectivity index (χ4v) is 1.89. The lowest BCUT2D eigenvalue weighted by Crippen LogP contribution is -2.49. The summed E-state index contributed by atoms with van der Waals surface area (Å²) in [6.45, 7) is 7.27. The van der Waals surface area contributed by atoms with Gasteiger partial charge in [0, 0.05) is 18.4 Å². The summed E-state index contributed by atoms with van der Waals surface area (Å²) in [5, 5.41) is 16.6. The SMILES string of the molecule is CCCNC(C)(CCCn1nccc1C)C(=O)O. The number of carboxylic acid groups (broad SMARTS) is 1. The number of aromatic nitrogens is 2. The number of carboxylic acids is 1. The molecule has 0 aliphatic heterocycles. The number of aryl methyl sites for hydroxylation is 2. The number of hydrogen-bond acceptors (Lipinski definition) is 3. The second-order valence-electron chi connectivity index (χ2n) is 4.86. The molecule has 0 saturated carbocycles. The van der Waals surface area contributed by atoms with Crippen LogP contribution in [-0.2, 0) is 11.3 Å². The molecule has 0 radical (unpaired) electrons. The number of nitrogens with zero attached hydrogens (tertiary/aromatic N) is 2. The second-order valence-corrected chi connectivity index (χ2v) is 4.86. The highest BCUT2D eigenvalue weighted by Gasteiger charge is 2.31. The van der Waals surface area contributed by atoms with Crippen LogP contribution in [0.25, 0.3) is 0 Å². The monoisotopic (exact) mass is 253 g/mol. The van der Waals surface area contributed by atoms with Crippen molar-refractivity contribution >= 4 is 5.97 Å². The summed E-state index contributed by atoms with van der Waals surface area (Å²) in [5.74, 6) is -0.784. The summed E-state index contributed by atoms with van der Waals surface area (Å²) >= 11 is 0. The zero-order valence-electron chi connectivity index (χ0n) is 11.4. The van der Waals surface area contributed by atoms with Crippen LogP contribution in [0.1, 0.15) is 38.8 Å². The van der Waals surface area contributed by atoms with E-state index in [0.29, 0.717) is 6.42 Å². The van der Waals surface area contributed by atoms with Crippen LogP contribution in [-0.4, -0.2) is 32.9 Å². The van der Waals surface area contributed by atoms with Crippen molar-refractivity contribution in [2.45, 2.75) is 52.1 Å². The molecule has 102 valence electrons. The smallest absolute Gasteiger partial charge is 0.323 e. The van der Waals surface area contributed by atoms with Gasteiger partial charge in [-0.25, -0.2) is 0 Å². The van der Waals surface area contributed by atoms with E-state index >= 15 is 0 Å². The molecule has 0 spiro atoms. The molecule has 1 atom stereocenters. The van der Waals surface area contributed by atoms with E-state index in [-0.39, 0.29) is 0 Å². The summed E-state index contributed by atoms with van der Waals surface area (Å²) in [7, 11) is 0. The standard InChI is InChI=1S/C13H23N3O2/c1-4-8-14-13(3,12(17)18)7-5-10-16-11(2)6-9-15-16/h6,9,14H,4-5,7-8,10H2,1-3H3,(H,17,18). The van der Waals surface area contributed by atoms with Crippen molar-refractivity contribution in [3.8, 4) is 0 Å². The van der Waals surface area contributed by atoms with Crippen molar-refractivity contribution in [3.05, 3.63) is 18.0 Å². The average Bonchev–Trinajstić information content (AvgIpc) is 2.72. The molecule has 18 heavy (non-hydrogen) atoms. The van der Waals surface area contributed by atoms with Crippen LogP contribution in [0.2, 0.25) is 0 Å². The van der Waals surface area contributed by atoms with Gasteiger partial charge in [0.25, 0.3) is 0 Å². The molecule has 1 aromatic rings. The van der Waals surface area contributed by atoms with E-state index in [0.717, 1.165) is 31.6 Å². The van der Waals surface area contributed by atoms with Crippen molar-refractivity contribution in [2.24, 2.45) is 0 Å². The van der Waals surface area contributed by atoms with Gasteiger partial charge in [-0.15, -0.1) is 0 Å². The summed E-state index contributed by atoms with van der Waals surface area (Å²) in [5.41, 5.74) is 0.269. The normalized spacial score (nSPS) is 14.4. The lowest BCUT2D eigenvalue weighted by atomic mass is 9.95. The predicted octanol–water partition coefficient (Wildman–Crippen LogP) is 1.81. The predicted molar refractivity (Wildman–Crippen MR) is 70.5 cm³/mol. The van der Waals surface area contributed by atoms with Gasteiger partial charge < -0.3 is 10.4 Å².